The summed E-state index contributed by atoms with van der Waals surface area (Å²) in [4.78, 5) is 2.59. The summed E-state index contributed by atoms with van der Waals surface area (Å²) in [7, 11) is 0. The van der Waals surface area contributed by atoms with Crippen molar-refractivity contribution in [3.05, 3.63) is 22.4 Å². The molecule has 0 radical (unpaired) electrons. The normalized spacial score (nSPS) is 18.6. The first-order chi connectivity index (χ1) is 8.34. The Labute approximate surface area is 109 Å². The largest absolute Gasteiger partial charge is 0.314 e. The van der Waals surface area contributed by atoms with E-state index < -0.39 is 0 Å². The van der Waals surface area contributed by atoms with E-state index in [2.05, 4.69) is 34.0 Å². The van der Waals surface area contributed by atoms with Crippen molar-refractivity contribution in [2.75, 3.05) is 26.2 Å². The topological polar surface area (TPSA) is 15.3 Å². The molecule has 1 fully saturated rings. The number of hydrogen-bond acceptors (Lipinski definition) is 3. The molecule has 1 unspecified atom stereocenters. The summed E-state index contributed by atoms with van der Waals surface area (Å²) < 4.78 is 0. The van der Waals surface area contributed by atoms with Crippen molar-refractivity contribution in [3.8, 4) is 0 Å². The van der Waals surface area contributed by atoms with Gasteiger partial charge in [0.15, 0.2) is 0 Å². The zero-order chi connectivity index (χ0) is 11.9. The summed E-state index contributed by atoms with van der Waals surface area (Å²) in [5.41, 5.74) is 1.47. The number of rotatable bonds is 7. The van der Waals surface area contributed by atoms with Gasteiger partial charge in [-0.2, -0.15) is 11.3 Å². The van der Waals surface area contributed by atoms with Crippen LogP contribution in [0.15, 0.2) is 16.8 Å². The van der Waals surface area contributed by atoms with Crippen molar-refractivity contribution in [3.63, 3.8) is 0 Å². The molecule has 0 bridgehead atoms. The van der Waals surface area contributed by atoms with Crippen LogP contribution in [0, 0.1) is 0 Å². The van der Waals surface area contributed by atoms with Gasteiger partial charge in [0.05, 0.1) is 0 Å². The van der Waals surface area contributed by atoms with Crippen LogP contribution in [0.3, 0.4) is 0 Å². The van der Waals surface area contributed by atoms with Gasteiger partial charge >= 0.3 is 0 Å². The van der Waals surface area contributed by atoms with Crippen LogP contribution in [0.25, 0.3) is 0 Å². The molecule has 0 spiro atoms. The van der Waals surface area contributed by atoms with Gasteiger partial charge in [-0.25, -0.2) is 0 Å². The summed E-state index contributed by atoms with van der Waals surface area (Å²) in [5, 5.41) is 8.04. The molecule has 2 nitrogen and oxygen atoms in total. The molecule has 2 rings (SSSR count). The van der Waals surface area contributed by atoms with Crippen molar-refractivity contribution in [2.45, 2.75) is 38.6 Å². The Morgan fingerprint density at radius 3 is 2.94 bits per heavy atom. The summed E-state index contributed by atoms with van der Waals surface area (Å²) >= 11 is 1.79. The highest BCUT2D eigenvalue weighted by molar-refractivity contribution is 7.07. The Balaban J connectivity index is 1.52. The maximum absolute atomic E-state index is 3.62. The van der Waals surface area contributed by atoms with Crippen molar-refractivity contribution in [2.24, 2.45) is 0 Å². The number of nitrogens with one attached hydrogen (secondary N) is 1. The third-order valence-corrected chi connectivity index (χ3v) is 4.20. The Kier molecular flexibility index (Phi) is 5.49. The van der Waals surface area contributed by atoms with Crippen LogP contribution in [-0.2, 0) is 6.42 Å². The van der Waals surface area contributed by atoms with E-state index in [9.17, 15) is 0 Å². The number of nitrogens with zero attached hydrogens (tertiary/aromatic N) is 1. The monoisotopic (exact) mass is 252 g/mol. The van der Waals surface area contributed by atoms with E-state index in [4.69, 9.17) is 0 Å². The number of hydrogen-bond donors (Lipinski definition) is 1. The Bertz CT molecular complexity index is 291. The fraction of sp³-hybridized carbons (Fsp3) is 0.714. The molecule has 0 saturated carbocycles. The molecule has 2 heterocycles. The van der Waals surface area contributed by atoms with Crippen molar-refractivity contribution >= 4 is 11.3 Å². The minimum absolute atomic E-state index is 0.600. The smallest absolute Gasteiger partial charge is 0.00794 e. The van der Waals surface area contributed by atoms with E-state index in [1.54, 1.807) is 11.3 Å². The predicted molar refractivity (Wildman–Crippen MR) is 75.8 cm³/mol. The zero-order valence-electron chi connectivity index (χ0n) is 10.8. The fourth-order valence-electron chi connectivity index (χ4n) is 2.49. The summed E-state index contributed by atoms with van der Waals surface area (Å²) in [6.45, 7) is 7.36. The fourth-order valence-corrected chi connectivity index (χ4v) is 3.17. The molecule has 1 atom stereocenters. The van der Waals surface area contributed by atoms with Gasteiger partial charge in [-0.3, -0.25) is 0 Å². The maximum Gasteiger partial charge on any atom is 0.00794 e. The molecule has 0 aromatic carbocycles. The van der Waals surface area contributed by atoms with E-state index in [0.29, 0.717) is 6.04 Å². The lowest BCUT2D eigenvalue weighted by atomic mass is 10.1. The highest BCUT2D eigenvalue weighted by Gasteiger charge is 2.10. The van der Waals surface area contributed by atoms with Gasteiger partial charge in [-0.05, 0) is 81.2 Å². The highest BCUT2D eigenvalue weighted by Crippen LogP contribution is 2.09. The molecule has 0 amide bonds. The van der Waals surface area contributed by atoms with Gasteiger partial charge in [0, 0.05) is 6.04 Å². The molecule has 0 aliphatic carbocycles. The van der Waals surface area contributed by atoms with E-state index in [0.717, 1.165) is 13.0 Å². The van der Waals surface area contributed by atoms with Crippen molar-refractivity contribution < 1.29 is 0 Å². The molecule has 17 heavy (non-hydrogen) atoms. The average Bonchev–Trinajstić information content (AvgIpc) is 2.96. The van der Waals surface area contributed by atoms with Gasteiger partial charge in [0.2, 0.25) is 0 Å². The van der Waals surface area contributed by atoms with E-state index >= 15 is 0 Å². The first kappa shape index (κ1) is 13.1. The zero-order valence-corrected chi connectivity index (χ0v) is 11.6. The minimum atomic E-state index is 0.600. The second kappa shape index (κ2) is 7.14. The van der Waals surface area contributed by atoms with Crippen molar-refractivity contribution in [1.82, 2.24) is 10.2 Å². The lowest BCUT2D eigenvalue weighted by Gasteiger charge is -2.16. The lowest BCUT2D eigenvalue weighted by Crippen LogP contribution is -2.31. The molecule has 96 valence electrons. The maximum atomic E-state index is 3.62. The van der Waals surface area contributed by atoms with Crippen LogP contribution >= 0.6 is 11.3 Å². The average molecular weight is 252 g/mol. The quantitative estimate of drug-likeness (QED) is 0.751. The predicted octanol–water partition coefficient (Wildman–Crippen LogP) is 2.75. The molecule has 1 saturated heterocycles. The third kappa shape index (κ3) is 4.78. The summed E-state index contributed by atoms with van der Waals surface area (Å²) in [6, 6.07) is 2.83. The van der Waals surface area contributed by atoms with Crippen LogP contribution in [-0.4, -0.2) is 37.1 Å². The van der Waals surface area contributed by atoms with Gasteiger partial charge in [0.1, 0.15) is 0 Å². The van der Waals surface area contributed by atoms with Gasteiger partial charge in [-0.15, -0.1) is 0 Å². The number of thiophene rings is 1. The molecule has 1 aliphatic heterocycles. The lowest BCUT2D eigenvalue weighted by molar-refractivity contribution is 0.328. The summed E-state index contributed by atoms with van der Waals surface area (Å²) in [5.74, 6) is 0. The first-order valence-corrected chi connectivity index (χ1v) is 7.75. The SMILES string of the molecule is CC(Cc1ccsc1)NCCCN1CCCC1. The van der Waals surface area contributed by atoms with Crippen LogP contribution in [0.1, 0.15) is 31.7 Å². The van der Waals surface area contributed by atoms with Gasteiger partial charge in [0.25, 0.3) is 0 Å². The van der Waals surface area contributed by atoms with Crippen LogP contribution in [0.4, 0.5) is 0 Å². The molecular formula is C14H24N2S. The van der Waals surface area contributed by atoms with Crippen LogP contribution in [0.2, 0.25) is 0 Å². The van der Waals surface area contributed by atoms with Crippen LogP contribution < -0.4 is 5.32 Å². The molecule has 1 N–H and O–H groups in total. The molecule has 3 heteroatoms. The van der Waals surface area contributed by atoms with E-state index in [1.807, 2.05) is 0 Å². The van der Waals surface area contributed by atoms with Crippen LogP contribution in [0.5, 0.6) is 0 Å². The molecular weight excluding hydrogens is 228 g/mol. The van der Waals surface area contributed by atoms with E-state index in [1.165, 1.54) is 44.5 Å². The Morgan fingerprint density at radius 1 is 1.41 bits per heavy atom. The first-order valence-electron chi connectivity index (χ1n) is 6.81. The molecule has 1 aromatic heterocycles. The second-order valence-electron chi connectivity index (χ2n) is 5.09. The highest BCUT2D eigenvalue weighted by atomic mass is 32.1. The Morgan fingerprint density at radius 2 is 2.24 bits per heavy atom. The Hall–Kier alpha value is -0.380. The minimum Gasteiger partial charge on any atom is -0.314 e. The second-order valence-corrected chi connectivity index (χ2v) is 5.87. The standard InChI is InChI=1S/C14H24N2S/c1-13(11-14-5-10-17-12-14)15-6-4-9-16-7-2-3-8-16/h5,10,12-13,15H,2-4,6-9,11H2,1H3. The molecule has 1 aromatic rings. The molecule has 1 aliphatic rings. The van der Waals surface area contributed by atoms with Gasteiger partial charge < -0.3 is 10.2 Å². The van der Waals surface area contributed by atoms with Crippen molar-refractivity contribution in [1.29, 1.82) is 0 Å². The van der Waals surface area contributed by atoms with E-state index in [-0.39, 0.29) is 0 Å². The van der Waals surface area contributed by atoms with Gasteiger partial charge in [-0.1, -0.05) is 0 Å². The number of likely N-dealkylation sites (tertiary alicyclic amines) is 1. The third-order valence-electron chi connectivity index (χ3n) is 3.46. The summed E-state index contributed by atoms with van der Waals surface area (Å²) in [6.07, 6.45) is 5.26.